The van der Waals surface area contributed by atoms with Gasteiger partial charge < -0.3 is 10.6 Å². The fraction of sp³-hybridized carbons (Fsp3) is 0.929. The van der Waals surface area contributed by atoms with Gasteiger partial charge in [-0.05, 0) is 39.0 Å². The van der Waals surface area contributed by atoms with Crippen LogP contribution in [-0.2, 0) is 4.79 Å². The van der Waals surface area contributed by atoms with E-state index in [1.165, 1.54) is 0 Å². The average Bonchev–Trinajstić information content (AvgIpc) is 2.38. The van der Waals surface area contributed by atoms with Crippen molar-refractivity contribution in [1.82, 2.24) is 4.90 Å². The Hall–Kier alpha value is -0.710. The molecule has 0 aromatic carbocycles. The normalized spacial score (nSPS) is 30.1. The van der Waals surface area contributed by atoms with Crippen LogP contribution in [0.5, 0.6) is 0 Å². The van der Waals surface area contributed by atoms with Gasteiger partial charge in [0.15, 0.2) is 0 Å². The highest BCUT2D eigenvalue weighted by atomic mass is 19.3. The van der Waals surface area contributed by atoms with Crippen molar-refractivity contribution in [2.45, 2.75) is 69.9 Å². The van der Waals surface area contributed by atoms with Gasteiger partial charge in [-0.25, -0.2) is 8.78 Å². The van der Waals surface area contributed by atoms with Crippen LogP contribution >= 0.6 is 0 Å². The summed E-state index contributed by atoms with van der Waals surface area (Å²) in [7, 11) is 0. The monoisotopic (exact) mass is 274 g/mol. The second kappa shape index (κ2) is 5.73. The molecule has 1 saturated heterocycles. The summed E-state index contributed by atoms with van der Waals surface area (Å²) in [6.07, 6.45) is 3.35. The molecule has 3 nitrogen and oxygen atoms in total. The lowest BCUT2D eigenvalue weighted by Gasteiger charge is -2.41. The van der Waals surface area contributed by atoms with E-state index in [0.717, 1.165) is 25.8 Å². The first-order valence-electron chi connectivity index (χ1n) is 7.34. The van der Waals surface area contributed by atoms with E-state index in [-0.39, 0.29) is 36.8 Å². The van der Waals surface area contributed by atoms with E-state index >= 15 is 0 Å². The van der Waals surface area contributed by atoms with Crippen molar-refractivity contribution < 1.29 is 13.6 Å². The first-order valence-corrected chi connectivity index (χ1v) is 7.34. The fourth-order valence-electron chi connectivity index (χ4n) is 3.30. The zero-order valence-electron chi connectivity index (χ0n) is 11.6. The van der Waals surface area contributed by atoms with Crippen molar-refractivity contribution in [1.29, 1.82) is 0 Å². The molecule has 0 aromatic rings. The summed E-state index contributed by atoms with van der Waals surface area (Å²) in [5.74, 6) is -2.74. The Morgan fingerprint density at radius 2 is 1.89 bits per heavy atom. The maximum Gasteiger partial charge on any atom is 0.248 e. The van der Waals surface area contributed by atoms with E-state index in [4.69, 9.17) is 5.73 Å². The number of hydrogen-bond donors (Lipinski definition) is 1. The van der Waals surface area contributed by atoms with Crippen LogP contribution in [0.2, 0.25) is 0 Å². The molecule has 2 unspecified atom stereocenters. The molecule has 1 saturated carbocycles. The standard InChI is InChI=1S/C14H24F2N2O/c1-10(17)12-4-2-3-9-18(12)13(19)11-5-7-14(15,16)8-6-11/h10-12H,2-9,17H2,1H3. The number of nitrogens with two attached hydrogens (primary N) is 1. The summed E-state index contributed by atoms with van der Waals surface area (Å²) < 4.78 is 26.3. The summed E-state index contributed by atoms with van der Waals surface area (Å²) in [6.45, 7) is 2.66. The molecule has 0 radical (unpaired) electrons. The number of alkyl halides is 2. The first kappa shape index (κ1) is 14.7. The average molecular weight is 274 g/mol. The number of halogens is 2. The quantitative estimate of drug-likeness (QED) is 0.841. The Kier molecular flexibility index (Phi) is 4.43. The highest BCUT2D eigenvalue weighted by Crippen LogP contribution is 2.37. The van der Waals surface area contributed by atoms with Crippen LogP contribution < -0.4 is 5.73 Å². The summed E-state index contributed by atoms with van der Waals surface area (Å²) in [5, 5.41) is 0. The van der Waals surface area contributed by atoms with Gasteiger partial charge >= 0.3 is 0 Å². The Morgan fingerprint density at radius 1 is 1.26 bits per heavy atom. The SMILES string of the molecule is CC(N)C1CCCCN1C(=O)C1CCC(F)(F)CC1. The number of rotatable bonds is 2. The Balaban J connectivity index is 1.98. The molecule has 0 bridgehead atoms. The van der Waals surface area contributed by atoms with Gasteiger partial charge in [0.05, 0.1) is 0 Å². The van der Waals surface area contributed by atoms with Crippen molar-refractivity contribution in [3.8, 4) is 0 Å². The molecule has 1 amide bonds. The van der Waals surface area contributed by atoms with E-state index < -0.39 is 5.92 Å². The van der Waals surface area contributed by atoms with Crippen LogP contribution in [0.1, 0.15) is 51.9 Å². The van der Waals surface area contributed by atoms with Gasteiger partial charge in [0.25, 0.3) is 0 Å². The van der Waals surface area contributed by atoms with Crippen LogP contribution in [0.3, 0.4) is 0 Å². The highest BCUT2D eigenvalue weighted by molar-refractivity contribution is 5.79. The van der Waals surface area contributed by atoms with Gasteiger partial charge in [-0.15, -0.1) is 0 Å². The lowest BCUT2D eigenvalue weighted by molar-refractivity contribution is -0.143. The molecule has 2 aliphatic rings. The Morgan fingerprint density at radius 3 is 2.47 bits per heavy atom. The molecule has 19 heavy (non-hydrogen) atoms. The van der Waals surface area contributed by atoms with E-state index in [2.05, 4.69) is 0 Å². The summed E-state index contributed by atoms with van der Waals surface area (Å²) >= 11 is 0. The zero-order valence-corrected chi connectivity index (χ0v) is 11.6. The molecule has 1 aliphatic heterocycles. The van der Waals surface area contributed by atoms with Crippen LogP contribution in [0.25, 0.3) is 0 Å². The van der Waals surface area contributed by atoms with Crippen molar-refractivity contribution in [3.05, 3.63) is 0 Å². The molecular weight excluding hydrogens is 250 g/mol. The fourth-order valence-corrected chi connectivity index (χ4v) is 3.30. The molecule has 2 fully saturated rings. The molecule has 0 aromatic heterocycles. The van der Waals surface area contributed by atoms with E-state index in [0.29, 0.717) is 12.8 Å². The van der Waals surface area contributed by atoms with Crippen LogP contribution in [-0.4, -0.2) is 35.4 Å². The molecule has 2 atom stereocenters. The molecule has 5 heteroatoms. The largest absolute Gasteiger partial charge is 0.338 e. The maximum atomic E-state index is 13.1. The van der Waals surface area contributed by atoms with Gasteiger partial charge in [0, 0.05) is 37.4 Å². The maximum absolute atomic E-state index is 13.1. The van der Waals surface area contributed by atoms with Gasteiger partial charge in [0.2, 0.25) is 11.8 Å². The van der Waals surface area contributed by atoms with Crippen LogP contribution in [0, 0.1) is 5.92 Å². The van der Waals surface area contributed by atoms with Crippen molar-refractivity contribution in [3.63, 3.8) is 0 Å². The summed E-state index contributed by atoms with van der Waals surface area (Å²) in [5.41, 5.74) is 5.95. The highest BCUT2D eigenvalue weighted by Gasteiger charge is 2.40. The predicted molar refractivity (Wildman–Crippen MR) is 69.9 cm³/mol. The lowest BCUT2D eigenvalue weighted by Crippen LogP contribution is -2.53. The van der Waals surface area contributed by atoms with Gasteiger partial charge in [-0.3, -0.25) is 4.79 Å². The van der Waals surface area contributed by atoms with Crippen LogP contribution in [0.4, 0.5) is 8.78 Å². The third-order valence-electron chi connectivity index (χ3n) is 4.51. The van der Waals surface area contributed by atoms with Crippen LogP contribution in [0.15, 0.2) is 0 Å². The van der Waals surface area contributed by atoms with Crippen molar-refractivity contribution >= 4 is 5.91 Å². The number of nitrogens with zero attached hydrogens (tertiary/aromatic N) is 1. The second-order valence-corrected chi connectivity index (χ2v) is 6.08. The molecule has 0 spiro atoms. The molecule has 2 N–H and O–H groups in total. The van der Waals surface area contributed by atoms with E-state index in [1.54, 1.807) is 0 Å². The number of hydrogen-bond acceptors (Lipinski definition) is 2. The minimum absolute atomic E-state index is 0.0470. The second-order valence-electron chi connectivity index (χ2n) is 6.08. The summed E-state index contributed by atoms with van der Waals surface area (Å²) in [6, 6.07) is 0.0398. The van der Waals surface area contributed by atoms with Crippen molar-refractivity contribution in [2.75, 3.05) is 6.54 Å². The summed E-state index contributed by atoms with van der Waals surface area (Å²) in [4.78, 5) is 14.4. The van der Waals surface area contributed by atoms with E-state index in [1.807, 2.05) is 11.8 Å². The molecule has 1 aliphatic carbocycles. The lowest BCUT2D eigenvalue weighted by atomic mass is 9.84. The molecule has 2 rings (SSSR count). The van der Waals surface area contributed by atoms with Crippen molar-refractivity contribution in [2.24, 2.45) is 11.7 Å². The Bertz CT molecular complexity index is 323. The predicted octanol–water partition coefficient (Wildman–Crippen LogP) is 2.54. The van der Waals surface area contributed by atoms with E-state index in [9.17, 15) is 13.6 Å². The third kappa shape index (κ3) is 3.44. The topological polar surface area (TPSA) is 46.3 Å². The smallest absolute Gasteiger partial charge is 0.248 e. The minimum atomic E-state index is -2.57. The Labute approximate surface area is 113 Å². The number of likely N-dealkylation sites (tertiary alicyclic amines) is 1. The van der Waals surface area contributed by atoms with Gasteiger partial charge in [0.1, 0.15) is 0 Å². The third-order valence-corrected chi connectivity index (χ3v) is 4.51. The number of piperidine rings is 1. The van der Waals surface area contributed by atoms with Gasteiger partial charge in [-0.2, -0.15) is 0 Å². The first-order chi connectivity index (χ1) is 8.91. The van der Waals surface area contributed by atoms with Gasteiger partial charge in [-0.1, -0.05) is 0 Å². The number of carbonyl (C=O) groups excluding carboxylic acids is 1. The number of amides is 1. The zero-order chi connectivity index (χ0) is 14.0. The molecule has 110 valence electrons. The number of carbonyl (C=O) groups is 1. The molecule has 1 heterocycles. The molecular formula is C14H24F2N2O. The minimum Gasteiger partial charge on any atom is -0.338 e.